The first-order valence-corrected chi connectivity index (χ1v) is 8.99. The Labute approximate surface area is 144 Å². The maximum atomic E-state index is 12.7. The van der Waals surface area contributed by atoms with Crippen molar-refractivity contribution in [2.75, 3.05) is 19.6 Å². The molecule has 1 unspecified atom stereocenters. The molecular weight excluding hydrogens is 306 g/mol. The van der Waals surface area contributed by atoms with Crippen molar-refractivity contribution < 1.29 is 14.4 Å². The van der Waals surface area contributed by atoms with Gasteiger partial charge in [-0.2, -0.15) is 0 Å². The number of likely N-dealkylation sites (tertiary alicyclic amines) is 2. The minimum Gasteiger partial charge on any atom is -0.353 e. The van der Waals surface area contributed by atoms with Gasteiger partial charge in [0.25, 0.3) is 0 Å². The number of hydrogen-bond donors (Lipinski definition) is 1. The predicted octanol–water partition coefficient (Wildman–Crippen LogP) is 1.40. The molecule has 2 heterocycles. The third kappa shape index (κ3) is 4.28. The van der Waals surface area contributed by atoms with Crippen LogP contribution in [-0.2, 0) is 14.4 Å². The van der Waals surface area contributed by atoms with Crippen LogP contribution in [0.4, 0.5) is 0 Å². The molecular formula is C18H31N3O3. The van der Waals surface area contributed by atoms with Crippen molar-refractivity contribution in [2.24, 2.45) is 11.8 Å². The molecule has 0 spiro atoms. The molecule has 2 aliphatic rings. The summed E-state index contributed by atoms with van der Waals surface area (Å²) in [6, 6.07) is 0.153. The summed E-state index contributed by atoms with van der Waals surface area (Å²) in [6.07, 6.45) is 1.89. The molecule has 0 saturated carbocycles. The number of nitrogens with one attached hydrogen (secondary N) is 1. The standard InChI is InChI=1S/C18H31N3O3/c1-12(2)16(23)19-14-6-8-20(9-7-14)17(24)13-10-15(22)21(11-13)18(3,4)5/h12-14H,6-11H2,1-5H3,(H,19,23). The van der Waals surface area contributed by atoms with E-state index in [1.54, 1.807) is 0 Å². The van der Waals surface area contributed by atoms with E-state index in [2.05, 4.69) is 5.32 Å². The molecule has 0 aliphatic carbocycles. The van der Waals surface area contributed by atoms with Crippen molar-refractivity contribution in [2.45, 2.75) is 65.5 Å². The number of rotatable bonds is 3. The fraction of sp³-hybridized carbons (Fsp3) is 0.833. The third-order valence-electron chi connectivity index (χ3n) is 4.96. The van der Waals surface area contributed by atoms with Gasteiger partial charge in [0.05, 0.1) is 5.92 Å². The zero-order valence-electron chi connectivity index (χ0n) is 15.6. The summed E-state index contributed by atoms with van der Waals surface area (Å²) in [6.45, 7) is 11.6. The van der Waals surface area contributed by atoms with Crippen LogP contribution in [0.2, 0.25) is 0 Å². The fourth-order valence-corrected chi connectivity index (χ4v) is 3.39. The Balaban J connectivity index is 1.85. The van der Waals surface area contributed by atoms with E-state index in [0.29, 0.717) is 26.1 Å². The van der Waals surface area contributed by atoms with E-state index >= 15 is 0 Å². The van der Waals surface area contributed by atoms with Crippen molar-refractivity contribution in [1.29, 1.82) is 0 Å². The molecule has 136 valence electrons. The summed E-state index contributed by atoms with van der Waals surface area (Å²) in [7, 11) is 0. The van der Waals surface area contributed by atoms with Crippen LogP contribution in [0.15, 0.2) is 0 Å². The zero-order chi connectivity index (χ0) is 18.1. The Bertz CT molecular complexity index is 502. The minimum absolute atomic E-state index is 0.0162. The summed E-state index contributed by atoms with van der Waals surface area (Å²) in [5.41, 5.74) is -0.236. The number of amides is 3. The summed E-state index contributed by atoms with van der Waals surface area (Å²) in [4.78, 5) is 40.3. The Morgan fingerprint density at radius 3 is 2.21 bits per heavy atom. The van der Waals surface area contributed by atoms with Gasteiger partial charge < -0.3 is 15.1 Å². The minimum atomic E-state index is -0.236. The lowest BCUT2D eigenvalue weighted by molar-refractivity contribution is -0.137. The highest BCUT2D eigenvalue weighted by Crippen LogP contribution is 2.27. The Hall–Kier alpha value is -1.59. The SMILES string of the molecule is CC(C)C(=O)NC1CCN(C(=O)C2CC(=O)N(C(C)(C)C)C2)CC1. The molecule has 2 saturated heterocycles. The third-order valence-corrected chi connectivity index (χ3v) is 4.96. The summed E-state index contributed by atoms with van der Waals surface area (Å²) >= 11 is 0. The molecule has 2 aliphatic heterocycles. The zero-order valence-corrected chi connectivity index (χ0v) is 15.6. The van der Waals surface area contributed by atoms with Gasteiger partial charge in [0, 0.05) is 43.6 Å². The van der Waals surface area contributed by atoms with Gasteiger partial charge in [0.15, 0.2) is 0 Å². The van der Waals surface area contributed by atoms with Crippen LogP contribution in [0, 0.1) is 11.8 Å². The monoisotopic (exact) mass is 337 g/mol. The lowest BCUT2D eigenvalue weighted by atomic mass is 10.0. The first kappa shape index (κ1) is 18.7. The van der Waals surface area contributed by atoms with Gasteiger partial charge in [-0.25, -0.2) is 0 Å². The average Bonchev–Trinajstić information content (AvgIpc) is 2.89. The maximum absolute atomic E-state index is 12.7. The van der Waals surface area contributed by atoms with Gasteiger partial charge >= 0.3 is 0 Å². The molecule has 24 heavy (non-hydrogen) atoms. The van der Waals surface area contributed by atoms with Gasteiger partial charge in [-0.15, -0.1) is 0 Å². The Morgan fingerprint density at radius 1 is 1.17 bits per heavy atom. The second kappa shape index (κ2) is 7.11. The van der Waals surface area contributed by atoms with Gasteiger partial charge in [-0.05, 0) is 33.6 Å². The highest BCUT2D eigenvalue weighted by molar-refractivity contribution is 5.89. The van der Waals surface area contributed by atoms with Crippen molar-refractivity contribution in [1.82, 2.24) is 15.1 Å². The summed E-state index contributed by atoms with van der Waals surface area (Å²) in [5, 5.41) is 3.04. The van der Waals surface area contributed by atoms with Gasteiger partial charge in [0.1, 0.15) is 0 Å². The molecule has 1 N–H and O–H groups in total. The van der Waals surface area contributed by atoms with Crippen LogP contribution in [0.25, 0.3) is 0 Å². The second-order valence-corrected chi connectivity index (χ2v) is 8.34. The molecule has 0 aromatic carbocycles. The highest BCUT2D eigenvalue weighted by atomic mass is 16.2. The van der Waals surface area contributed by atoms with Crippen molar-refractivity contribution in [3.8, 4) is 0 Å². The number of hydrogen-bond acceptors (Lipinski definition) is 3. The normalized spacial score (nSPS) is 23.1. The predicted molar refractivity (Wildman–Crippen MR) is 92.2 cm³/mol. The van der Waals surface area contributed by atoms with Crippen LogP contribution < -0.4 is 5.32 Å². The summed E-state index contributed by atoms with van der Waals surface area (Å²) < 4.78 is 0. The van der Waals surface area contributed by atoms with Gasteiger partial charge in [-0.3, -0.25) is 14.4 Å². The van der Waals surface area contributed by atoms with E-state index < -0.39 is 0 Å². The lowest BCUT2D eigenvalue weighted by Crippen LogP contribution is -2.49. The molecule has 0 aromatic rings. The molecule has 1 atom stereocenters. The molecule has 0 aromatic heterocycles. The molecule has 6 nitrogen and oxygen atoms in total. The van der Waals surface area contributed by atoms with Crippen LogP contribution in [0.3, 0.4) is 0 Å². The van der Waals surface area contributed by atoms with Gasteiger partial charge in [-0.1, -0.05) is 13.8 Å². The van der Waals surface area contributed by atoms with E-state index in [-0.39, 0.29) is 41.1 Å². The molecule has 0 bridgehead atoms. The Kier molecular flexibility index (Phi) is 5.56. The highest BCUT2D eigenvalue weighted by Gasteiger charge is 2.41. The molecule has 0 radical (unpaired) electrons. The largest absolute Gasteiger partial charge is 0.353 e. The van der Waals surface area contributed by atoms with Gasteiger partial charge in [0.2, 0.25) is 17.7 Å². The van der Waals surface area contributed by atoms with E-state index in [1.807, 2.05) is 44.4 Å². The Morgan fingerprint density at radius 2 is 1.75 bits per heavy atom. The number of carbonyl (C=O) groups is 3. The molecule has 2 rings (SSSR count). The summed E-state index contributed by atoms with van der Waals surface area (Å²) in [5.74, 6) is -0.0123. The molecule has 3 amide bonds. The molecule has 6 heteroatoms. The smallest absolute Gasteiger partial charge is 0.227 e. The topological polar surface area (TPSA) is 69.7 Å². The van der Waals surface area contributed by atoms with E-state index in [0.717, 1.165) is 12.8 Å². The van der Waals surface area contributed by atoms with E-state index in [9.17, 15) is 14.4 Å². The lowest BCUT2D eigenvalue weighted by Gasteiger charge is -2.35. The first-order valence-electron chi connectivity index (χ1n) is 8.99. The van der Waals surface area contributed by atoms with Crippen molar-refractivity contribution in [3.63, 3.8) is 0 Å². The number of carbonyl (C=O) groups excluding carboxylic acids is 3. The van der Waals surface area contributed by atoms with Crippen LogP contribution in [0.1, 0.15) is 53.9 Å². The number of nitrogens with zero attached hydrogens (tertiary/aromatic N) is 2. The first-order chi connectivity index (χ1) is 11.1. The van der Waals surface area contributed by atoms with Crippen LogP contribution >= 0.6 is 0 Å². The van der Waals surface area contributed by atoms with E-state index in [4.69, 9.17) is 0 Å². The maximum Gasteiger partial charge on any atom is 0.227 e. The van der Waals surface area contributed by atoms with Crippen LogP contribution in [0.5, 0.6) is 0 Å². The quantitative estimate of drug-likeness (QED) is 0.846. The van der Waals surface area contributed by atoms with Crippen LogP contribution in [-0.4, -0.2) is 58.7 Å². The van der Waals surface area contributed by atoms with E-state index in [1.165, 1.54) is 0 Å². The fourth-order valence-electron chi connectivity index (χ4n) is 3.39. The second-order valence-electron chi connectivity index (χ2n) is 8.34. The average molecular weight is 337 g/mol. The van der Waals surface area contributed by atoms with Crippen molar-refractivity contribution >= 4 is 17.7 Å². The van der Waals surface area contributed by atoms with Crippen molar-refractivity contribution in [3.05, 3.63) is 0 Å². The molecule has 2 fully saturated rings. The number of piperidine rings is 1.